The summed E-state index contributed by atoms with van der Waals surface area (Å²) < 4.78 is 34.4. The van der Waals surface area contributed by atoms with E-state index in [1.165, 1.54) is 6.07 Å². The van der Waals surface area contributed by atoms with Crippen molar-refractivity contribution in [2.75, 3.05) is 39.4 Å². The molecule has 0 saturated carbocycles. The fraction of sp³-hybridized carbons (Fsp3) is 0.588. The third kappa shape index (κ3) is 7.66. The molecule has 0 spiro atoms. The predicted octanol–water partition coefficient (Wildman–Crippen LogP) is 2.20. The van der Waals surface area contributed by atoms with Crippen molar-refractivity contribution in [3.05, 3.63) is 29.8 Å². The molecule has 0 aromatic heterocycles. The van der Waals surface area contributed by atoms with Gasteiger partial charge in [0.25, 0.3) is 0 Å². The third-order valence-electron chi connectivity index (χ3n) is 3.92. The fourth-order valence-corrected chi connectivity index (χ4v) is 2.59. The number of carbonyl (C=O) groups excluding carboxylic acids is 1. The van der Waals surface area contributed by atoms with Crippen LogP contribution in [0.15, 0.2) is 24.3 Å². The highest BCUT2D eigenvalue weighted by Crippen LogP contribution is 2.19. The minimum absolute atomic E-state index is 0.0725. The molecule has 0 aliphatic carbocycles. The molecular weight excluding hydrogens is 332 g/mol. The lowest BCUT2D eigenvalue weighted by Gasteiger charge is -2.26. The summed E-state index contributed by atoms with van der Waals surface area (Å²) in [5.74, 6) is 0.0725. The highest BCUT2D eigenvalue weighted by atomic mass is 19.3. The van der Waals surface area contributed by atoms with Gasteiger partial charge in [-0.1, -0.05) is 18.2 Å². The van der Waals surface area contributed by atoms with Crippen molar-refractivity contribution < 1.29 is 23.0 Å². The Labute approximate surface area is 146 Å². The van der Waals surface area contributed by atoms with E-state index in [1.807, 2.05) is 0 Å². The van der Waals surface area contributed by atoms with Gasteiger partial charge in [-0.15, -0.1) is 0 Å². The molecule has 1 aromatic rings. The number of rotatable bonds is 9. The number of ether oxygens (including phenoxy) is 2. The normalized spacial score (nSPS) is 15.2. The van der Waals surface area contributed by atoms with Gasteiger partial charge in [0.1, 0.15) is 5.75 Å². The summed E-state index contributed by atoms with van der Waals surface area (Å²) in [4.78, 5) is 14.1. The number of amides is 2. The Balaban J connectivity index is 1.59. The van der Waals surface area contributed by atoms with Crippen molar-refractivity contribution in [3.8, 4) is 5.75 Å². The van der Waals surface area contributed by atoms with Gasteiger partial charge >= 0.3 is 12.6 Å². The first-order valence-electron chi connectivity index (χ1n) is 8.49. The molecule has 1 aliphatic rings. The number of hydrogen-bond acceptors (Lipinski definition) is 4. The Bertz CT molecular complexity index is 526. The molecule has 8 heteroatoms. The SMILES string of the molecule is O=C(NCCCCN1CCOCC1)NCc1ccccc1OC(F)F. The molecule has 0 unspecified atom stereocenters. The van der Waals surface area contributed by atoms with E-state index in [4.69, 9.17) is 4.74 Å². The van der Waals surface area contributed by atoms with E-state index in [-0.39, 0.29) is 18.3 Å². The lowest BCUT2D eigenvalue weighted by molar-refractivity contribution is -0.0504. The zero-order chi connectivity index (χ0) is 17.9. The Hall–Kier alpha value is -1.93. The molecule has 2 N–H and O–H groups in total. The van der Waals surface area contributed by atoms with Gasteiger partial charge in [-0.2, -0.15) is 8.78 Å². The highest BCUT2D eigenvalue weighted by molar-refractivity contribution is 5.73. The lowest BCUT2D eigenvalue weighted by atomic mass is 10.2. The van der Waals surface area contributed by atoms with Crippen LogP contribution in [0.5, 0.6) is 5.75 Å². The monoisotopic (exact) mass is 357 g/mol. The summed E-state index contributed by atoms with van der Waals surface area (Å²) in [5, 5.41) is 5.42. The first-order valence-corrected chi connectivity index (χ1v) is 8.49. The van der Waals surface area contributed by atoms with Crippen LogP contribution in [-0.2, 0) is 11.3 Å². The second kappa shape index (κ2) is 10.8. The van der Waals surface area contributed by atoms with Gasteiger partial charge in [-0.3, -0.25) is 4.90 Å². The predicted molar refractivity (Wildman–Crippen MR) is 89.8 cm³/mol. The highest BCUT2D eigenvalue weighted by Gasteiger charge is 2.11. The van der Waals surface area contributed by atoms with Gasteiger partial charge in [0, 0.05) is 31.7 Å². The number of para-hydroxylation sites is 1. The van der Waals surface area contributed by atoms with Gasteiger partial charge in [-0.25, -0.2) is 4.79 Å². The number of alkyl halides is 2. The van der Waals surface area contributed by atoms with Crippen LogP contribution in [0.2, 0.25) is 0 Å². The average molecular weight is 357 g/mol. The van der Waals surface area contributed by atoms with Crippen LogP contribution in [0, 0.1) is 0 Å². The maximum absolute atomic E-state index is 12.3. The molecule has 0 bridgehead atoms. The summed E-state index contributed by atoms with van der Waals surface area (Å²) in [6, 6.07) is 6.08. The summed E-state index contributed by atoms with van der Waals surface area (Å²) in [6.45, 7) is 2.33. The standard InChI is InChI=1S/C17H25F2N3O3/c18-16(19)25-15-6-2-1-5-14(15)13-21-17(23)20-7-3-4-8-22-9-11-24-12-10-22/h1-2,5-6,16H,3-4,7-13H2,(H2,20,21,23). The number of nitrogens with one attached hydrogen (secondary N) is 2. The zero-order valence-electron chi connectivity index (χ0n) is 14.2. The third-order valence-corrected chi connectivity index (χ3v) is 3.92. The Kier molecular flexibility index (Phi) is 8.41. The molecule has 1 fully saturated rings. The molecule has 2 rings (SSSR count). The number of hydrogen-bond donors (Lipinski definition) is 2. The van der Waals surface area contributed by atoms with Gasteiger partial charge in [0.15, 0.2) is 0 Å². The van der Waals surface area contributed by atoms with Crippen LogP contribution >= 0.6 is 0 Å². The first kappa shape index (κ1) is 19.4. The van der Waals surface area contributed by atoms with E-state index < -0.39 is 6.61 Å². The van der Waals surface area contributed by atoms with E-state index in [2.05, 4.69) is 20.3 Å². The maximum atomic E-state index is 12.3. The van der Waals surface area contributed by atoms with E-state index in [0.29, 0.717) is 12.1 Å². The lowest BCUT2D eigenvalue weighted by Crippen LogP contribution is -2.38. The van der Waals surface area contributed by atoms with Crippen molar-refractivity contribution in [3.63, 3.8) is 0 Å². The number of morpholine rings is 1. The van der Waals surface area contributed by atoms with Crippen LogP contribution in [0.1, 0.15) is 18.4 Å². The molecule has 25 heavy (non-hydrogen) atoms. The maximum Gasteiger partial charge on any atom is 0.387 e. The van der Waals surface area contributed by atoms with Crippen LogP contribution in [-0.4, -0.2) is 56.9 Å². The number of halogens is 2. The van der Waals surface area contributed by atoms with Crippen molar-refractivity contribution in [2.24, 2.45) is 0 Å². The Morgan fingerprint density at radius 1 is 1.20 bits per heavy atom. The van der Waals surface area contributed by atoms with E-state index in [9.17, 15) is 13.6 Å². The summed E-state index contributed by atoms with van der Waals surface area (Å²) in [6.07, 6.45) is 1.89. The smallest absolute Gasteiger partial charge is 0.387 e. The Morgan fingerprint density at radius 3 is 2.72 bits per heavy atom. The fourth-order valence-electron chi connectivity index (χ4n) is 2.59. The van der Waals surface area contributed by atoms with Gasteiger partial charge < -0.3 is 20.1 Å². The van der Waals surface area contributed by atoms with Gasteiger partial charge in [-0.05, 0) is 25.5 Å². The van der Waals surface area contributed by atoms with Crippen molar-refractivity contribution in [1.29, 1.82) is 0 Å². The van der Waals surface area contributed by atoms with Crippen LogP contribution in [0.4, 0.5) is 13.6 Å². The second-order valence-corrected chi connectivity index (χ2v) is 5.76. The second-order valence-electron chi connectivity index (χ2n) is 5.76. The van der Waals surface area contributed by atoms with Crippen molar-refractivity contribution in [2.45, 2.75) is 26.0 Å². The molecular formula is C17H25F2N3O3. The average Bonchev–Trinajstić information content (AvgIpc) is 2.61. The largest absolute Gasteiger partial charge is 0.434 e. The van der Waals surface area contributed by atoms with Crippen LogP contribution in [0.25, 0.3) is 0 Å². The molecule has 140 valence electrons. The molecule has 1 heterocycles. The molecule has 1 aromatic carbocycles. The van der Waals surface area contributed by atoms with Gasteiger partial charge in [0.2, 0.25) is 0 Å². The number of benzene rings is 1. The summed E-state index contributed by atoms with van der Waals surface area (Å²) in [7, 11) is 0. The van der Waals surface area contributed by atoms with Crippen molar-refractivity contribution >= 4 is 6.03 Å². The summed E-state index contributed by atoms with van der Waals surface area (Å²) >= 11 is 0. The number of unbranched alkanes of at least 4 members (excludes halogenated alkanes) is 1. The van der Waals surface area contributed by atoms with E-state index >= 15 is 0 Å². The number of carbonyl (C=O) groups is 1. The van der Waals surface area contributed by atoms with Crippen molar-refractivity contribution in [1.82, 2.24) is 15.5 Å². The van der Waals surface area contributed by atoms with Gasteiger partial charge in [0.05, 0.1) is 13.2 Å². The molecule has 0 radical (unpaired) electrons. The summed E-state index contributed by atoms with van der Waals surface area (Å²) in [5.41, 5.74) is 0.505. The number of urea groups is 1. The molecule has 6 nitrogen and oxygen atoms in total. The molecule has 0 atom stereocenters. The molecule has 1 aliphatic heterocycles. The first-order chi connectivity index (χ1) is 12.1. The minimum atomic E-state index is -2.89. The van der Waals surface area contributed by atoms with E-state index in [1.54, 1.807) is 18.2 Å². The minimum Gasteiger partial charge on any atom is -0.434 e. The zero-order valence-corrected chi connectivity index (χ0v) is 14.2. The topological polar surface area (TPSA) is 62.8 Å². The Morgan fingerprint density at radius 2 is 1.96 bits per heavy atom. The quantitative estimate of drug-likeness (QED) is 0.665. The molecule has 2 amide bonds. The van der Waals surface area contributed by atoms with Crippen LogP contribution < -0.4 is 15.4 Å². The van der Waals surface area contributed by atoms with Crippen LogP contribution in [0.3, 0.4) is 0 Å². The van der Waals surface area contributed by atoms with E-state index in [0.717, 1.165) is 45.7 Å². The molecule has 1 saturated heterocycles. The number of nitrogens with zero attached hydrogens (tertiary/aromatic N) is 1.